The molecule has 0 bridgehead atoms. The Kier molecular flexibility index (Phi) is 5.21. The molecule has 2 fully saturated rings. The monoisotopic (exact) mass is 319 g/mol. The van der Waals surface area contributed by atoms with E-state index in [2.05, 4.69) is 45.9 Å². The molecule has 2 N–H and O–H groups in total. The van der Waals surface area contributed by atoms with Gasteiger partial charge < -0.3 is 15.1 Å². The van der Waals surface area contributed by atoms with Crippen molar-refractivity contribution in [2.75, 3.05) is 44.7 Å². The summed E-state index contributed by atoms with van der Waals surface area (Å²) in [6, 6.07) is 9.66. The first kappa shape index (κ1) is 16.7. The lowest BCUT2D eigenvalue weighted by Gasteiger charge is -2.42. The van der Waals surface area contributed by atoms with Crippen molar-refractivity contribution in [3.63, 3.8) is 0 Å². The number of benzene rings is 1. The second-order valence-electron chi connectivity index (χ2n) is 7.09. The standard InChI is InChI=1S/C18H29N3O2/c1-14-10-21-13-18(23)9-17(21)12-20(14)11-15-3-5-16(6-4-15)19(2)7-8-22/h3-6,14,17-18,22-23H,7-13H2,1-2H3/t14-,17-,18+/m0/s1. The third-order valence-electron chi connectivity index (χ3n) is 5.27. The van der Waals surface area contributed by atoms with Crippen LogP contribution in [0.25, 0.3) is 0 Å². The molecule has 128 valence electrons. The Labute approximate surface area is 139 Å². The summed E-state index contributed by atoms with van der Waals surface area (Å²) >= 11 is 0. The normalized spacial score (nSPS) is 28.8. The van der Waals surface area contributed by atoms with Gasteiger partial charge in [0.25, 0.3) is 0 Å². The highest BCUT2D eigenvalue weighted by molar-refractivity contribution is 5.46. The van der Waals surface area contributed by atoms with Gasteiger partial charge in [-0.15, -0.1) is 0 Å². The maximum Gasteiger partial charge on any atom is 0.0682 e. The molecule has 2 aliphatic rings. The van der Waals surface area contributed by atoms with E-state index in [1.807, 2.05) is 7.05 Å². The van der Waals surface area contributed by atoms with Crippen molar-refractivity contribution in [1.29, 1.82) is 0 Å². The molecule has 0 aliphatic carbocycles. The molecule has 2 aliphatic heterocycles. The van der Waals surface area contributed by atoms with Gasteiger partial charge in [-0.3, -0.25) is 9.80 Å². The molecule has 5 heteroatoms. The zero-order chi connectivity index (χ0) is 16.4. The highest BCUT2D eigenvalue weighted by atomic mass is 16.3. The van der Waals surface area contributed by atoms with E-state index in [1.54, 1.807) is 0 Å². The van der Waals surface area contributed by atoms with Gasteiger partial charge in [-0.05, 0) is 31.0 Å². The van der Waals surface area contributed by atoms with Crippen LogP contribution in [0, 0.1) is 0 Å². The summed E-state index contributed by atoms with van der Waals surface area (Å²) in [5, 5.41) is 18.9. The Hall–Kier alpha value is -1.14. The second-order valence-corrected chi connectivity index (χ2v) is 7.09. The fourth-order valence-electron chi connectivity index (χ4n) is 3.87. The summed E-state index contributed by atoms with van der Waals surface area (Å²) in [7, 11) is 2.00. The van der Waals surface area contributed by atoms with E-state index < -0.39 is 0 Å². The number of hydrogen-bond donors (Lipinski definition) is 2. The third kappa shape index (κ3) is 3.86. The molecule has 0 spiro atoms. The van der Waals surface area contributed by atoms with Crippen LogP contribution in [0.3, 0.4) is 0 Å². The van der Waals surface area contributed by atoms with E-state index in [0.717, 1.165) is 38.3 Å². The van der Waals surface area contributed by atoms with Gasteiger partial charge in [-0.25, -0.2) is 0 Å². The van der Waals surface area contributed by atoms with E-state index in [1.165, 1.54) is 5.56 Å². The number of hydrogen-bond acceptors (Lipinski definition) is 5. The second kappa shape index (κ2) is 7.18. The van der Waals surface area contributed by atoms with Crippen LogP contribution in [0.2, 0.25) is 0 Å². The van der Waals surface area contributed by atoms with Crippen molar-refractivity contribution in [1.82, 2.24) is 9.80 Å². The van der Waals surface area contributed by atoms with E-state index >= 15 is 0 Å². The van der Waals surface area contributed by atoms with Crippen molar-refractivity contribution in [2.24, 2.45) is 0 Å². The summed E-state index contributed by atoms with van der Waals surface area (Å²) < 4.78 is 0. The number of aliphatic hydroxyl groups excluding tert-OH is 2. The Balaban J connectivity index is 1.60. The van der Waals surface area contributed by atoms with Gasteiger partial charge in [-0.2, -0.15) is 0 Å². The lowest BCUT2D eigenvalue weighted by molar-refractivity contribution is 0.0528. The highest BCUT2D eigenvalue weighted by Crippen LogP contribution is 2.26. The molecule has 0 amide bonds. The van der Waals surface area contributed by atoms with Gasteiger partial charge in [0.05, 0.1) is 12.7 Å². The minimum atomic E-state index is -0.145. The predicted molar refractivity (Wildman–Crippen MR) is 92.7 cm³/mol. The summed E-state index contributed by atoms with van der Waals surface area (Å²) in [5.41, 5.74) is 2.46. The fraction of sp³-hybridized carbons (Fsp3) is 0.667. The van der Waals surface area contributed by atoms with Crippen LogP contribution in [0.15, 0.2) is 24.3 Å². The summed E-state index contributed by atoms with van der Waals surface area (Å²) in [4.78, 5) is 7.04. The van der Waals surface area contributed by atoms with Gasteiger partial charge in [0.1, 0.15) is 0 Å². The van der Waals surface area contributed by atoms with E-state index in [4.69, 9.17) is 5.11 Å². The molecule has 2 heterocycles. The minimum Gasteiger partial charge on any atom is -0.395 e. The molecule has 0 aromatic heterocycles. The Morgan fingerprint density at radius 2 is 1.91 bits per heavy atom. The smallest absolute Gasteiger partial charge is 0.0682 e. The molecule has 0 unspecified atom stereocenters. The lowest BCUT2D eigenvalue weighted by atomic mass is 10.1. The maximum atomic E-state index is 9.87. The predicted octanol–water partition coefficient (Wildman–Crippen LogP) is 0.754. The SMILES string of the molecule is C[C@H]1CN2C[C@H](O)C[C@H]2CN1Cc1ccc(N(C)CCO)cc1. The number of nitrogens with zero attached hydrogens (tertiary/aromatic N) is 3. The lowest BCUT2D eigenvalue weighted by Crippen LogP contribution is -2.54. The van der Waals surface area contributed by atoms with Gasteiger partial charge in [0.2, 0.25) is 0 Å². The molecular formula is C18H29N3O2. The Bertz CT molecular complexity index is 507. The van der Waals surface area contributed by atoms with Crippen LogP contribution in [0.5, 0.6) is 0 Å². The van der Waals surface area contributed by atoms with Crippen molar-refractivity contribution >= 4 is 5.69 Å². The minimum absolute atomic E-state index is 0.145. The van der Waals surface area contributed by atoms with Gasteiger partial charge in [-0.1, -0.05) is 12.1 Å². The summed E-state index contributed by atoms with van der Waals surface area (Å²) in [6.07, 6.45) is 0.766. The van der Waals surface area contributed by atoms with Gasteiger partial charge in [0, 0.05) is 57.5 Å². The molecular weight excluding hydrogens is 290 g/mol. The fourth-order valence-corrected chi connectivity index (χ4v) is 3.87. The number of fused-ring (bicyclic) bond motifs is 1. The Morgan fingerprint density at radius 3 is 2.61 bits per heavy atom. The first-order chi connectivity index (χ1) is 11.1. The van der Waals surface area contributed by atoms with E-state index in [0.29, 0.717) is 18.6 Å². The van der Waals surface area contributed by atoms with Crippen LogP contribution in [-0.4, -0.2) is 78.0 Å². The molecule has 5 nitrogen and oxygen atoms in total. The van der Waals surface area contributed by atoms with E-state index in [-0.39, 0.29) is 12.7 Å². The number of aliphatic hydroxyl groups is 2. The number of anilines is 1. The van der Waals surface area contributed by atoms with Crippen molar-refractivity contribution in [2.45, 2.75) is 38.1 Å². The largest absolute Gasteiger partial charge is 0.395 e. The quantitative estimate of drug-likeness (QED) is 0.839. The molecule has 0 radical (unpaired) electrons. The number of likely N-dealkylation sites (N-methyl/N-ethyl adjacent to an activating group) is 1. The van der Waals surface area contributed by atoms with Crippen molar-refractivity contribution in [3.8, 4) is 0 Å². The van der Waals surface area contributed by atoms with Gasteiger partial charge in [0.15, 0.2) is 0 Å². The molecule has 3 atom stereocenters. The summed E-state index contributed by atoms with van der Waals surface area (Å²) in [6.45, 7) is 7.02. The first-order valence-corrected chi connectivity index (χ1v) is 8.64. The van der Waals surface area contributed by atoms with Crippen LogP contribution >= 0.6 is 0 Å². The average Bonchev–Trinajstić information content (AvgIpc) is 2.87. The average molecular weight is 319 g/mol. The van der Waals surface area contributed by atoms with Crippen molar-refractivity contribution in [3.05, 3.63) is 29.8 Å². The molecule has 3 rings (SSSR count). The zero-order valence-electron chi connectivity index (χ0n) is 14.2. The Morgan fingerprint density at radius 1 is 1.17 bits per heavy atom. The molecule has 1 aromatic carbocycles. The highest BCUT2D eigenvalue weighted by Gasteiger charge is 2.37. The number of piperazine rings is 1. The summed E-state index contributed by atoms with van der Waals surface area (Å²) in [5.74, 6) is 0. The van der Waals surface area contributed by atoms with E-state index in [9.17, 15) is 5.11 Å². The molecule has 2 saturated heterocycles. The maximum absolute atomic E-state index is 9.87. The van der Waals surface area contributed by atoms with Crippen molar-refractivity contribution < 1.29 is 10.2 Å². The molecule has 0 saturated carbocycles. The zero-order valence-corrected chi connectivity index (χ0v) is 14.2. The third-order valence-corrected chi connectivity index (χ3v) is 5.27. The first-order valence-electron chi connectivity index (χ1n) is 8.64. The van der Waals surface area contributed by atoms with Crippen LogP contribution < -0.4 is 4.90 Å². The van der Waals surface area contributed by atoms with Crippen LogP contribution in [0.4, 0.5) is 5.69 Å². The van der Waals surface area contributed by atoms with Crippen LogP contribution in [0.1, 0.15) is 18.9 Å². The topological polar surface area (TPSA) is 50.2 Å². The van der Waals surface area contributed by atoms with Gasteiger partial charge >= 0.3 is 0 Å². The number of rotatable bonds is 5. The molecule has 23 heavy (non-hydrogen) atoms. The van der Waals surface area contributed by atoms with Crippen LogP contribution in [-0.2, 0) is 6.54 Å². The molecule has 1 aromatic rings.